The van der Waals surface area contributed by atoms with Gasteiger partial charge in [0, 0.05) is 15.6 Å². The van der Waals surface area contributed by atoms with Gasteiger partial charge >= 0.3 is 0 Å². The minimum Gasteiger partial charge on any atom is -0.328 e. The zero-order valence-electron chi connectivity index (χ0n) is 12.6. The van der Waals surface area contributed by atoms with Crippen molar-refractivity contribution in [3.8, 4) is 0 Å². The van der Waals surface area contributed by atoms with Crippen LogP contribution in [-0.2, 0) is 6.54 Å². The summed E-state index contributed by atoms with van der Waals surface area (Å²) >= 11 is 3.55. The van der Waals surface area contributed by atoms with E-state index in [9.17, 15) is 0 Å². The first-order valence-corrected chi connectivity index (χ1v) is 8.51. The number of piperazine rings is 1. The zero-order valence-corrected chi connectivity index (χ0v) is 14.2. The number of benzene rings is 2. The Kier molecular flexibility index (Phi) is 5.24. The molecule has 0 aromatic heterocycles. The smallest absolute Gasteiger partial charge is 0.103 e. The number of quaternary nitrogens is 1. The van der Waals surface area contributed by atoms with Crippen LogP contribution in [0.3, 0.4) is 0 Å². The summed E-state index contributed by atoms with van der Waals surface area (Å²) in [7, 11) is 0. The lowest BCUT2D eigenvalue weighted by atomic mass is 10.2. The third-order valence-electron chi connectivity index (χ3n) is 4.01. The van der Waals surface area contributed by atoms with Gasteiger partial charge in [0.25, 0.3) is 0 Å². The maximum absolute atomic E-state index is 4.62. The lowest BCUT2D eigenvalue weighted by Gasteiger charge is -2.30. The first kappa shape index (κ1) is 15.3. The predicted octanol–water partition coefficient (Wildman–Crippen LogP) is 2.18. The third-order valence-corrected chi connectivity index (χ3v) is 4.73. The van der Waals surface area contributed by atoms with E-state index in [1.54, 1.807) is 4.90 Å². The Labute approximate surface area is 140 Å². The van der Waals surface area contributed by atoms with Crippen LogP contribution in [0.25, 0.3) is 0 Å². The van der Waals surface area contributed by atoms with Crippen molar-refractivity contribution >= 4 is 22.1 Å². The minimum atomic E-state index is 1.02. The molecule has 4 heteroatoms. The van der Waals surface area contributed by atoms with Crippen LogP contribution in [0.1, 0.15) is 11.1 Å². The maximum Gasteiger partial charge on any atom is 0.103 e. The molecule has 0 bridgehead atoms. The Morgan fingerprint density at radius 1 is 1.00 bits per heavy atom. The summed E-state index contributed by atoms with van der Waals surface area (Å²) in [6, 6.07) is 18.9. The molecular formula is C18H21BrN3+. The van der Waals surface area contributed by atoms with Crippen molar-refractivity contribution in [1.29, 1.82) is 0 Å². The molecule has 1 heterocycles. The Bertz CT molecular complexity index is 619. The average molecular weight is 359 g/mol. The molecule has 2 aromatic rings. The molecule has 0 spiro atoms. The molecule has 1 aliphatic rings. The fraction of sp³-hybridized carbons (Fsp3) is 0.278. The predicted molar refractivity (Wildman–Crippen MR) is 94.2 cm³/mol. The van der Waals surface area contributed by atoms with Crippen molar-refractivity contribution in [3.05, 3.63) is 70.2 Å². The first-order valence-electron chi connectivity index (χ1n) is 7.72. The molecule has 1 N–H and O–H groups in total. The highest BCUT2D eigenvalue weighted by Gasteiger charge is 2.18. The van der Waals surface area contributed by atoms with Gasteiger partial charge in [-0.1, -0.05) is 64.5 Å². The van der Waals surface area contributed by atoms with E-state index in [0.717, 1.165) is 42.8 Å². The number of nitrogens with zero attached hydrogens (tertiary/aromatic N) is 2. The molecule has 1 aliphatic heterocycles. The van der Waals surface area contributed by atoms with Gasteiger partial charge < -0.3 is 4.90 Å². The molecule has 3 rings (SSSR count). The molecule has 0 atom stereocenters. The highest BCUT2D eigenvalue weighted by atomic mass is 79.9. The van der Waals surface area contributed by atoms with Crippen molar-refractivity contribution < 1.29 is 4.90 Å². The second kappa shape index (κ2) is 7.56. The van der Waals surface area contributed by atoms with Crippen LogP contribution in [0.4, 0.5) is 0 Å². The summed E-state index contributed by atoms with van der Waals surface area (Å²) in [5.74, 6) is 0. The number of hydrogen-bond acceptors (Lipinski definition) is 2. The van der Waals surface area contributed by atoms with Crippen LogP contribution >= 0.6 is 15.9 Å². The van der Waals surface area contributed by atoms with E-state index in [1.807, 2.05) is 24.4 Å². The highest BCUT2D eigenvalue weighted by molar-refractivity contribution is 9.10. The summed E-state index contributed by atoms with van der Waals surface area (Å²) in [6.45, 7) is 5.43. The first-order chi connectivity index (χ1) is 10.8. The average Bonchev–Trinajstić information content (AvgIpc) is 2.56. The van der Waals surface area contributed by atoms with E-state index in [0.29, 0.717) is 0 Å². The van der Waals surface area contributed by atoms with Gasteiger partial charge in [-0.2, -0.15) is 5.10 Å². The van der Waals surface area contributed by atoms with E-state index >= 15 is 0 Å². The molecule has 0 aliphatic carbocycles. The van der Waals surface area contributed by atoms with E-state index in [4.69, 9.17) is 0 Å². The Balaban J connectivity index is 1.51. The topological polar surface area (TPSA) is 20.0 Å². The lowest BCUT2D eigenvalue weighted by Crippen LogP contribution is -3.13. The van der Waals surface area contributed by atoms with Gasteiger partial charge in [-0.3, -0.25) is 5.01 Å². The van der Waals surface area contributed by atoms with E-state index in [1.165, 1.54) is 5.56 Å². The standard InChI is InChI=1S/C18H20BrN3/c19-18-9-5-4-8-17(18)14-20-22-12-10-21(11-13-22)15-16-6-2-1-3-7-16/h1-9,14H,10-13,15H2/p+1/b20-14-. The van der Waals surface area contributed by atoms with Gasteiger partial charge in [0.2, 0.25) is 0 Å². The monoisotopic (exact) mass is 358 g/mol. The second-order valence-electron chi connectivity index (χ2n) is 5.63. The number of hydrogen-bond donors (Lipinski definition) is 1. The number of halogens is 1. The maximum atomic E-state index is 4.62. The van der Waals surface area contributed by atoms with E-state index in [2.05, 4.69) is 62.4 Å². The van der Waals surface area contributed by atoms with Crippen LogP contribution in [0.15, 0.2) is 64.2 Å². The highest BCUT2D eigenvalue weighted by Crippen LogP contribution is 2.13. The largest absolute Gasteiger partial charge is 0.328 e. The number of nitrogens with one attached hydrogen (secondary N) is 1. The van der Waals surface area contributed by atoms with Crippen LogP contribution in [0.2, 0.25) is 0 Å². The van der Waals surface area contributed by atoms with Gasteiger partial charge in [0.15, 0.2) is 0 Å². The number of hydrazone groups is 1. The van der Waals surface area contributed by atoms with Gasteiger partial charge in [0.05, 0.1) is 32.4 Å². The summed E-state index contributed by atoms with van der Waals surface area (Å²) in [5.41, 5.74) is 2.55. The normalized spacial score (nSPS) is 16.3. The van der Waals surface area contributed by atoms with Gasteiger partial charge in [-0.15, -0.1) is 0 Å². The fourth-order valence-corrected chi connectivity index (χ4v) is 3.10. The second-order valence-corrected chi connectivity index (χ2v) is 6.49. The van der Waals surface area contributed by atoms with Crippen molar-refractivity contribution in [3.63, 3.8) is 0 Å². The SMILES string of the molecule is Brc1ccccc1/C=N\N1CC[NH+](Cc2ccccc2)CC1. The molecule has 0 saturated carbocycles. The molecule has 0 unspecified atom stereocenters. The molecular weight excluding hydrogens is 338 g/mol. The van der Waals surface area contributed by atoms with Crippen molar-refractivity contribution in [2.75, 3.05) is 26.2 Å². The summed E-state index contributed by atoms with van der Waals surface area (Å²) in [5, 5.41) is 6.80. The Morgan fingerprint density at radius 3 is 2.41 bits per heavy atom. The Hall–Kier alpha value is -1.65. The summed E-state index contributed by atoms with van der Waals surface area (Å²) in [6.07, 6.45) is 1.95. The van der Waals surface area contributed by atoms with Crippen molar-refractivity contribution in [2.24, 2.45) is 5.10 Å². The summed E-state index contributed by atoms with van der Waals surface area (Å²) in [4.78, 5) is 1.64. The molecule has 0 amide bonds. The molecule has 1 fully saturated rings. The van der Waals surface area contributed by atoms with Crippen LogP contribution in [0, 0.1) is 0 Å². The third kappa shape index (κ3) is 4.18. The van der Waals surface area contributed by atoms with Crippen molar-refractivity contribution in [2.45, 2.75) is 6.54 Å². The fourth-order valence-electron chi connectivity index (χ4n) is 2.71. The van der Waals surface area contributed by atoms with E-state index < -0.39 is 0 Å². The van der Waals surface area contributed by atoms with Gasteiger partial charge in [-0.05, 0) is 6.07 Å². The molecule has 2 aromatic carbocycles. The lowest BCUT2D eigenvalue weighted by molar-refractivity contribution is -0.918. The van der Waals surface area contributed by atoms with Crippen LogP contribution in [0.5, 0.6) is 0 Å². The number of rotatable bonds is 4. The zero-order chi connectivity index (χ0) is 15.2. The molecule has 22 heavy (non-hydrogen) atoms. The Morgan fingerprint density at radius 2 is 1.68 bits per heavy atom. The molecule has 114 valence electrons. The van der Waals surface area contributed by atoms with Crippen molar-refractivity contribution in [1.82, 2.24) is 5.01 Å². The summed E-state index contributed by atoms with van der Waals surface area (Å²) < 4.78 is 1.09. The van der Waals surface area contributed by atoms with Gasteiger partial charge in [-0.25, -0.2) is 0 Å². The van der Waals surface area contributed by atoms with Gasteiger partial charge in [0.1, 0.15) is 6.54 Å². The molecule has 3 nitrogen and oxygen atoms in total. The quantitative estimate of drug-likeness (QED) is 0.830. The molecule has 0 radical (unpaired) electrons. The molecule has 1 saturated heterocycles. The minimum absolute atomic E-state index is 1.02. The van der Waals surface area contributed by atoms with Crippen LogP contribution < -0.4 is 4.90 Å². The van der Waals surface area contributed by atoms with E-state index in [-0.39, 0.29) is 0 Å². The van der Waals surface area contributed by atoms with Crippen LogP contribution in [-0.4, -0.2) is 37.4 Å².